The van der Waals surface area contributed by atoms with Crippen molar-refractivity contribution < 1.29 is 19.1 Å². The minimum Gasteiger partial charge on any atom is -0.489 e. The Bertz CT molecular complexity index is 878. The Morgan fingerprint density at radius 1 is 0.968 bits per heavy atom. The van der Waals surface area contributed by atoms with E-state index in [2.05, 4.69) is 0 Å². The molecular formula is C25H32N2O4. The smallest absolute Gasteiger partial charge is 0.239 e. The van der Waals surface area contributed by atoms with Crippen molar-refractivity contribution in [2.45, 2.75) is 52.3 Å². The van der Waals surface area contributed by atoms with Crippen LogP contribution in [0.5, 0.6) is 5.75 Å². The topological polar surface area (TPSA) is 89.7 Å². The van der Waals surface area contributed by atoms with E-state index in [1.54, 1.807) is 0 Å². The molecule has 0 aliphatic rings. The van der Waals surface area contributed by atoms with E-state index in [-0.39, 0.29) is 18.2 Å². The van der Waals surface area contributed by atoms with Gasteiger partial charge in [0.25, 0.3) is 0 Å². The minimum atomic E-state index is -0.890. The monoisotopic (exact) mass is 424 g/mol. The van der Waals surface area contributed by atoms with Crippen LogP contribution in [0.3, 0.4) is 0 Å². The summed E-state index contributed by atoms with van der Waals surface area (Å²) in [5, 5.41) is 0. The Morgan fingerprint density at radius 2 is 1.58 bits per heavy atom. The van der Waals surface area contributed by atoms with Gasteiger partial charge in [0.15, 0.2) is 5.78 Å². The molecule has 0 aromatic heterocycles. The molecule has 0 radical (unpaired) electrons. The zero-order valence-electron chi connectivity index (χ0n) is 18.7. The molecule has 0 aliphatic carbocycles. The van der Waals surface area contributed by atoms with E-state index in [0.717, 1.165) is 11.1 Å². The predicted molar refractivity (Wildman–Crippen MR) is 121 cm³/mol. The first-order chi connectivity index (χ1) is 14.7. The van der Waals surface area contributed by atoms with Crippen LogP contribution in [0.25, 0.3) is 0 Å². The molecule has 0 fully saturated rings. The third-order valence-electron chi connectivity index (χ3n) is 5.11. The number of nitrogens with zero attached hydrogens (tertiary/aromatic N) is 1. The molecule has 0 spiro atoms. The van der Waals surface area contributed by atoms with Gasteiger partial charge in [0.1, 0.15) is 18.4 Å². The molecule has 31 heavy (non-hydrogen) atoms. The van der Waals surface area contributed by atoms with Gasteiger partial charge in [-0.05, 0) is 35.6 Å². The molecule has 0 aliphatic heterocycles. The van der Waals surface area contributed by atoms with Crippen LogP contribution >= 0.6 is 0 Å². The van der Waals surface area contributed by atoms with E-state index in [9.17, 15) is 14.4 Å². The quantitative estimate of drug-likeness (QED) is 0.560. The van der Waals surface area contributed by atoms with Crippen molar-refractivity contribution >= 4 is 17.5 Å². The molecule has 0 saturated carbocycles. The first-order valence-corrected chi connectivity index (χ1v) is 10.5. The van der Waals surface area contributed by atoms with Crippen molar-refractivity contribution in [1.29, 1.82) is 0 Å². The number of hydrogen-bond donors (Lipinski definition) is 1. The summed E-state index contributed by atoms with van der Waals surface area (Å²) in [5.74, 6) is -0.568. The molecule has 166 valence electrons. The highest BCUT2D eigenvalue weighted by molar-refractivity contribution is 6.38. The van der Waals surface area contributed by atoms with Crippen molar-refractivity contribution in [2.24, 2.45) is 11.7 Å². The largest absolute Gasteiger partial charge is 0.489 e. The van der Waals surface area contributed by atoms with Crippen LogP contribution < -0.4 is 10.5 Å². The number of nitrogens with two attached hydrogens (primary N) is 1. The summed E-state index contributed by atoms with van der Waals surface area (Å²) in [7, 11) is 1.53. The van der Waals surface area contributed by atoms with Gasteiger partial charge in [0, 0.05) is 20.4 Å². The number of carbonyl (C=O) groups is 3. The van der Waals surface area contributed by atoms with E-state index in [1.165, 1.54) is 18.9 Å². The van der Waals surface area contributed by atoms with Crippen LogP contribution in [0.1, 0.15) is 38.3 Å². The van der Waals surface area contributed by atoms with Crippen LogP contribution in [0.2, 0.25) is 0 Å². The first kappa shape index (κ1) is 24.3. The number of Topliss-reactive ketones (excluding diaryl/α,β-unsaturated/α-hetero) is 2. The highest BCUT2D eigenvalue weighted by atomic mass is 16.5. The van der Waals surface area contributed by atoms with Crippen molar-refractivity contribution in [1.82, 2.24) is 4.90 Å². The van der Waals surface area contributed by atoms with E-state index in [0.29, 0.717) is 18.8 Å². The summed E-state index contributed by atoms with van der Waals surface area (Å²) >= 11 is 0. The lowest BCUT2D eigenvalue weighted by atomic mass is 9.97. The summed E-state index contributed by atoms with van der Waals surface area (Å²) in [6.07, 6.45) is 0.742. The fourth-order valence-electron chi connectivity index (χ4n) is 3.35. The third kappa shape index (κ3) is 7.33. The van der Waals surface area contributed by atoms with Gasteiger partial charge in [-0.1, -0.05) is 56.3 Å². The highest BCUT2D eigenvalue weighted by Crippen LogP contribution is 2.18. The standard InChI is InChI=1S/C25H32N2O4/c1-17(2)14-22(26)25(30)27(4)23(24(29)18(3)28)15-19-10-12-21(13-11-19)31-16-20-8-6-5-7-9-20/h5-13,17,22-23H,14-16,26H2,1-4H3/t22-,23-/m0/s1. The molecule has 1 amide bonds. The van der Waals surface area contributed by atoms with E-state index < -0.39 is 23.7 Å². The van der Waals surface area contributed by atoms with Gasteiger partial charge in [-0.2, -0.15) is 0 Å². The summed E-state index contributed by atoms with van der Waals surface area (Å²) in [6, 6.07) is 15.6. The van der Waals surface area contributed by atoms with Crippen LogP contribution in [-0.2, 0) is 27.4 Å². The Labute approximate surface area is 184 Å². The second-order valence-electron chi connectivity index (χ2n) is 8.24. The van der Waals surface area contributed by atoms with Crippen LogP contribution in [0.15, 0.2) is 54.6 Å². The summed E-state index contributed by atoms with van der Waals surface area (Å²) in [5.41, 5.74) is 7.91. The fourth-order valence-corrected chi connectivity index (χ4v) is 3.35. The number of hydrogen-bond acceptors (Lipinski definition) is 5. The van der Waals surface area contributed by atoms with E-state index >= 15 is 0 Å². The molecule has 2 aromatic rings. The van der Waals surface area contributed by atoms with Gasteiger partial charge in [-0.15, -0.1) is 0 Å². The van der Waals surface area contributed by atoms with Crippen molar-refractivity contribution in [3.63, 3.8) is 0 Å². The zero-order chi connectivity index (χ0) is 23.0. The van der Waals surface area contributed by atoms with Gasteiger partial charge in [-0.25, -0.2) is 0 Å². The minimum absolute atomic E-state index is 0.230. The number of ether oxygens (including phenoxy) is 1. The zero-order valence-corrected chi connectivity index (χ0v) is 18.7. The Kier molecular flexibility index (Phi) is 8.94. The van der Waals surface area contributed by atoms with Crippen LogP contribution in [-0.4, -0.2) is 41.5 Å². The Hall–Kier alpha value is -2.99. The van der Waals surface area contributed by atoms with Gasteiger partial charge >= 0.3 is 0 Å². The number of likely N-dealkylation sites (N-methyl/N-ethyl adjacent to an activating group) is 1. The molecule has 0 saturated heterocycles. The molecule has 2 N–H and O–H groups in total. The normalized spacial score (nSPS) is 12.8. The molecule has 6 nitrogen and oxygen atoms in total. The van der Waals surface area contributed by atoms with Crippen molar-refractivity contribution in [2.75, 3.05) is 7.05 Å². The first-order valence-electron chi connectivity index (χ1n) is 10.5. The second-order valence-corrected chi connectivity index (χ2v) is 8.24. The third-order valence-corrected chi connectivity index (χ3v) is 5.11. The number of benzene rings is 2. The maximum absolute atomic E-state index is 12.7. The number of amides is 1. The molecular weight excluding hydrogens is 392 g/mol. The lowest BCUT2D eigenvalue weighted by molar-refractivity contribution is -0.143. The average molecular weight is 425 g/mol. The maximum Gasteiger partial charge on any atom is 0.239 e. The van der Waals surface area contributed by atoms with Gasteiger partial charge in [-0.3, -0.25) is 14.4 Å². The lowest BCUT2D eigenvalue weighted by Crippen LogP contribution is -2.51. The Balaban J connectivity index is 2.09. The molecule has 2 atom stereocenters. The fraction of sp³-hybridized carbons (Fsp3) is 0.400. The summed E-state index contributed by atoms with van der Waals surface area (Å²) in [6.45, 7) is 5.64. The SMILES string of the molecule is CC(=O)C(=O)[C@H](Cc1ccc(OCc2ccccc2)cc1)N(C)C(=O)[C@@H](N)CC(C)C. The van der Waals surface area contributed by atoms with Crippen molar-refractivity contribution in [3.8, 4) is 5.75 Å². The van der Waals surface area contributed by atoms with Gasteiger partial charge in [0.05, 0.1) is 6.04 Å². The molecule has 2 rings (SSSR count). The maximum atomic E-state index is 12.7. The number of ketones is 2. The van der Waals surface area contributed by atoms with Crippen molar-refractivity contribution in [3.05, 3.63) is 65.7 Å². The van der Waals surface area contributed by atoms with Crippen LogP contribution in [0.4, 0.5) is 0 Å². The van der Waals surface area contributed by atoms with E-state index in [1.807, 2.05) is 68.4 Å². The molecule has 0 bridgehead atoms. The van der Waals surface area contributed by atoms with Gasteiger partial charge < -0.3 is 15.4 Å². The second kappa shape index (κ2) is 11.4. The average Bonchev–Trinajstić information content (AvgIpc) is 2.75. The molecule has 0 heterocycles. The van der Waals surface area contributed by atoms with E-state index in [4.69, 9.17) is 10.5 Å². The molecule has 2 aromatic carbocycles. The number of rotatable bonds is 11. The Morgan fingerprint density at radius 3 is 2.13 bits per heavy atom. The van der Waals surface area contributed by atoms with Gasteiger partial charge in [0.2, 0.25) is 11.7 Å². The summed E-state index contributed by atoms with van der Waals surface area (Å²) < 4.78 is 5.79. The number of carbonyl (C=O) groups excluding carboxylic acids is 3. The highest BCUT2D eigenvalue weighted by Gasteiger charge is 2.32. The lowest BCUT2D eigenvalue weighted by Gasteiger charge is -2.29. The van der Waals surface area contributed by atoms with Crippen LogP contribution in [0, 0.1) is 5.92 Å². The molecule has 6 heteroatoms. The molecule has 0 unspecified atom stereocenters. The summed E-state index contributed by atoms with van der Waals surface area (Å²) in [4.78, 5) is 38.4. The predicted octanol–water partition coefficient (Wildman–Crippen LogP) is 3.17.